The molecule has 156 valence electrons. The monoisotopic (exact) mass is 426 g/mol. The molecule has 1 amide bonds. The molecule has 0 spiro atoms. The number of hydrogen-bond donors (Lipinski definition) is 1. The summed E-state index contributed by atoms with van der Waals surface area (Å²) in [5.41, 5.74) is 3.80. The lowest BCUT2D eigenvalue weighted by atomic mass is 10.1. The van der Waals surface area contributed by atoms with Crippen molar-refractivity contribution in [1.29, 1.82) is 0 Å². The molecule has 3 aromatic rings. The van der Waals surface area contributed by atoms with Crippen LogP contribution in [0.25, 0.3) is 0 Å². The van der Waals surface area contributed by atoms with Crippen LogP contribution in [0.1, 0.15) is 27.2 Å². The second-order valence-electron chi connectivity index (χ2n) is 7.22. The Morgan fingerprint density at radius 2 is 1.90 bits per heavy atom. The predicted octanol–water partition coefficient (Wildman–Crippen LogP) is 3.91. The topological polar surface area (TPSA) is 88.9 Å². The van der Waals surface area contributed by atoms with Crippen LogP contribution in [0.5, 0.6) is 5.75 Å². The minimum absolute atomic E-state index is 0.0668. The van der Waals surface area contributed by atoms with Crippen LogP contribution in [-0.2, 0) is 16.4 Å². The van der Waals surface area contributed by atoms with Gasteiger partial charge in [-0.05, 0) is 73.4 Å². The molecule has 0 aliphatic carbocycles. The molecule has 4 rings (SSSR count). The van der Waals surface area contributed by atoms with Crippen molar-refractivity contribution in [3.8, 4) is 5.75 Å². The highest BCUT2D eigenvalue weighted by molar-refractivity contribution is 7.92. The van der Waals surface area contributed by atoms with Gasteiger partial charge in [0.25, 0.3) is 15.9 Å². The number of nitrogens with one attached hydrogen (secondary N) is 1. The quantitative estimate of drug-likeness (QED) is 0.668. The zero-order valence-corrected chi connectivity index (χ0v) is 17.7. The number of aryl methyl sites for hydroxylation is 2. The molecule has 0 saturated heterocycles. The number of furan rings is 1. The van der Waals surface area contributed by atoms with Crippen LogP contribution in [0.2, 0.25) is 0 Å². The number of carbonyl (C=O) groups is 1. The zero-order chi connectivity index (χ0) is 21.5. The predicted molar refractivity (Wildman–Crippen MR) is 114 cm³/mol. The van der Waals surface area contributed by atoms with Gasteiger partial charge in [-0.25, -0.2) is 8.42 Å². The largest absolute Gasteiger partial charge is 0.495 e. The van der Waals surface area contributed by atoms with Crippen molar-refractivity contribution in [1.82, 2.24) is 0 Å². The van der Waals surface area contributed by atoms with Crippen LogP contribution in [-0.4, -0.2) is 28.0 Å². The van der Waals surface area contributed by atoms with E-state index in [1.807, 2.05) is 19.9 Å². The summed E-state index contributed by atoms with van der Waals surface area (Å²) in [5, 5.41) is 0. The molecule has 0 fully saturated rings. The normalized spacial score (nSPS) is 13.2. The van der Waals surface area contributed by atoms with Gasteiger partial charge in [-0.2, -0.15) is 0 Å². The molecule has 0 bridgehead atoms. The van der Waals surface area contributed by atoms with Crippen LogP contribution in [0, 0.1) is 13.8 Å². The van der Waals surface area contributed by atoms with Gasteiger partial charge in [0.1, 0.15) is 10.6 Å². The highest BCUT2D eigenvalue weighted by Crippen LogP contribution is 2.34. The van der Waals surface area contributed by atoms with Crippen LogP contribution < -0.4 is 14.4 Å². The Labute approximate surface area is 175 Å². The van der Waals surface area contributed by atoms with Crippen molar-refractivity contribution in [2.45, 2.75) is 25.2 Å². The number of ether oxygens (including phenoxy) is 1. The Hall–Kier alpha value is -3.26. The summed E-state index contributed by atoms with van der Waals surface area (Å²) in [6, 6.07) is 11.8. The Kier molecular flexibility index (Phi) is 5.03. The first kappa shape index (κ1) is 20.0. The zero-order valence-electron chi connectivity index (χ0n) is 16.9. The van der Waals surface area contributed by atoms with Crippen molar-refractivity contribution in [2.24, 2.45) is 0 Å². The molecule has 1 aliphatic heterocycles. The summed E-state index contributed by atoms with van der Waals surface area (Å²) in [7, 11) is -2.45. The molecule has 0 saturated carbocycles. The van der Waals surface area contributed by atoms with E-state index in [0.29, 0.717) is 24.3 Å². The molecule has 7 nitrogen and oxygen atoms in total. The van der Waals surface area contributed by atoms with Gasteiger partial charge in [-0.15, -0.1) is 0 Å². The average Bonchev–Trinajstić information content (AvgIpc) is 3.38. The number of benzene rings is 2. The number of hydrogen-bond acceptors (Lipinski definition) is 5. The summed E-state index contributed by atoms with van der Waals surface area (Å²) in [6.45, 7) is 4.25. The van der Waals surface area contributed by atoms with Crippen molar-refractivity contribution < 1.29 is 22.4 Å². The van der Waals surface area contributed by atoms with Crippen LogP contribution >= 0.6 is 0 Å². The number of fused-ring (bicyclic) bond motifs is 1. The molecule has 0 radical (unpaired) electrons. The Morgan fingerprint density at radius 1 is 1.13 bits per heavy atom. The Bertz CT molecular complexity index is 1220. The fourth-order valence-corrected chi connectivity index (χ4v) is 4.82. The maximum absolute atomic E-state index is 13.1. The summed E-state index contributed by atoms with van der Waals surface area (Å²) >= 11 is 0. The van der Waals surface area contributed by atoms with Crippen LogP contribution in [0.3, 0.4) is 0 Å². The van der Waals surface area contributed by atoms with Crippen molar-refractivity contribution in [3.63, 3.8) is 0 Å². The third-order valence-electron chi connectivity index (χ3n) is 5.28. The lowest BCUT2D eigenvalue weighted by Crippen LogP contribution is -2.28. The van der Waals surface area contributed by atoms with Gasteiger partial charge in [0, 0.05) is 12.2 Å². The van der Waals surface area contributed by atoms with E-state index in [4.69, 9.17) is 9.15 Å². The molecule has 2 heterocycles. The van der Waals surface area contributed by atoms with Gasteiger partial charge in [-0.3, -0.25) is 9.52 Å². The third-order valence-corrected chi connectivity index (χ3v) is 6.68. The van der Waals surface area contributed by atoms with Gasteiger partial charge in [-0.1, -0.05) is 6.07 Å². The fraction of sp³-hybridized carbons (Fsp3) is 0.227. The van der Waals surface area contributed by atoms with E-state index in [-0.39, 0.29) is 22.3 Å². The van der Waals surface area contributed by atoms with Gasteiger partial charge >= 0.3 is 0 Å². The number of methoxy groups -OCH3 is 1. The van der Waals surface area contributed by atoms with E-state index in [2.05, 4.69) is 4.72 Å². The number of nitrogens with zero attached hydrogens (tertiary/aromatic N) is 1. The first-order chi connectivity index (χ1) is 14.3. The maximum atomic E-state index is 13.1. The smallest absolute Gasteiger partial charge is 0.293 e. The van der Waals surface area contributed by atoms with E-state index in [1.165, 1.54) is 13.4 Å². The van der Waals surface area contributed by atoms with Crippen molar-refractivity contribution in [3.05, 3.63) is 71.2 Å². The van der Waals surface area contributed by atoms with E-state index in [1.54, 1.807) is 41.3 Å². The second-order valence-corrected chi connectivity index (χ2v) is 8.87. The molecule has 1 aromatic heterocycles. The number of sulfonamides is 1. The molecular weight excluding hydrogens is 404 g/mol. The van der Waals surface area contributed by atoms with Crippen molar-refractivity contribution in [2.75, 3.05) is 23.3 Å². The minimum Gasteiger partial charge on any atom is -0.495 e. The highest BCUT2D eigenvalue weighted by Gasteiger charge is 2.28. The first-order valence-electron chi connectivity index (χ1n) is 9.46. The molecule has 0 unspecified atom stereocenters. The van der Waals surface area contributed by atoms with Gasteiger partial charge in [0.05, 0.1) is 19.1 Å². The minimum atomic E-state index is -3.89. The number of amides is 1. The molecule has 0 atom stereocenters. The second kappa shape index (κ2) is 7.53. The Balaban J connectivity index is 1.66. The molecule has 8 heteroatoms. The SMILES string of the molecule is COc1cc(C)c(C)cc1S(=O)(=O)Nc1ccc2c(c1)N(C(=O)c1ccco1)CC2. The van der Waals surface area contributed by atoms with Crippen molar-refractivity contribution >= 4 is 27.3 Å². The standard InChI is InChI=1S/C22H22N2O5S/c1-14-11-20(28-3)21(12-15(14)2)30(26,27)23-17-7-6-16-8-9-24(18(16)13-17)22(25)19-5-4-10-29-19/h4-7,10-13,23H,8-9H2,1-3H3. The maximum Gasteiger partial charge on any atom is 0.293 e. The fourth-order valence-electron chi connectivity index (χ4n) is 3.53. The lowest BCUT2D eigenvalue weighted by molar-refractivity contribution is 0.0963. The van der Waals surface area contributed by atoms with Crippen LogP contribution in [0.15, 0.2) is 58.0 Å². The molecule has 2 aromatic carbocycles. The molecule has 1 aliphatic rings. The third kappa shape index (κ3) is 3.54. The van der Waals surface area contributed by atoms with E-state index in [9.17, 15) is 13.2 Å². The van der Waals surface area contributed by atoms with Gasteiger partial charge in [0.15, 0.2) is 5.76 Å². The highest BCUT2D eigenvalue weighted by atomic mass is 32.2. The van der Waals surface area contributed by atoms with E-state index >= 15 is 0 Å². The number of anilines is 2. The average molecular weight is 426 g/mol. The van der Waals surface area contributed by atoms with Crippen LogP contribution in [0.4, 0.5) is 11.4 Å². The molecular formula is C22H22N2O5S. The number of carbonyl (C=O) groups excluding carboxylic acids is 1. The first-order valence-corrected chi connectivity index (χ1v) is 10.9. The molecule has 30 heavy (non-hydrogen) atoms. The van der Waals surface area contributed by atoms with E-state index < -0.39 is 10.0 Å². The summed E-state index contributed by atoms with van der Waals surface area (Å²) in [5.74, 6) is 0.268. The molecule has 1 N–H and O–H groups in total. The Morgan fingerprint density at radius 3 is 2.60 bits per heavy atom. The summed E-state index contributed by atoms with van der Waals surface area (Å²) < 4.78 is 39.2. The summed E-state index contributed by atoms with van der Waals surface area (Å²) in [4.78, 5) is 14.4. The number of rotatable bonds is 5. The van der Waals surface area contributed by atoms with Gasteiger partial charge < -0.3 is 14.1 Å². The lowest BCUT2D eigenvalue weighted by Gasteiger charge is -2.18. The van der Waals surface area contributed by atoms with Gasteiger partial charge in [0.2, 0.25) is 0 Å². The summed E-state index contributed by atoms with van der Waals surface area (Å²) in [6.07, 6.45) is 2.14. The van der Waals surface area contributed by atoms with E-state index in [0.717, 1.165) is 16.7 Å².